The summed E-state index contributed by atoms with van der Waals surface area (Å²) in [7, 11) is 0. The Morgan fingerprint density at radius 1 is 1.21 bits per heavy atom. The van der Waals surface area contributed by atoms with Gasteiger partial charge in [0.1, 0.15) is 5.65 Å². The summed E-state index contributed by atoms with van der Waals surface area (Å²) in [4.78, 5) is 20.4. The second-order valence-corrected chi connectivity index (χ2v) is 12.6. The summed E-state index contributed by atoms with van der Waals surface area (Å²) in [5, 5.41) is 15.0. The van der Waals surface area contributed by atoms with Gasteiger partial charge in [-0.15, -0.1) is 0 Å². The molecular formula is C33H39ClFN7O. The Bertz CT molecular complexity index is 1690. The first-order valence-electron chi connectivity index (χ1n) is 15.2. The zero-order chi connectivity index (χ0) is 30.1. The van der Waals surface area contributed by atoms with Crippen molar-refractivity contribution >= 4 is 28.5 Å². The van der Waals surface area contributed by atoms with Gasteiger partial charge in [-0.1, -0.05) is 23.7 Å². The van der Waals surface area contributed by atoms with Crippen molar-refractivity contribution in [2.45, 2.75) is 69.9 Å². The largest absolute Gasteiger partial charge is 0.374 e. The molecular weight excluding hydrogens is 565 g/mol. The predicted molar refractivity (Wildman–Crippen MR) is 171 cm³/mol. The third-order valence-electron chi connectivity index (χ3n) is 8.77. The number of nitrogens with one attached hydrogen (secondary N) is 4. The van der Waals surface area contributed by atoms with Crippen LogP contribution in [0.1, 0.15) is 63.0 Å². The molecule has 0 radical (unpaired) electrons. The molecule has 0 spiro atoms. The monoisotopic (exact) mass is 603 g/mol. The topological polar surface area (TPSA) is 125 Å². The fraction of sp³-hybridized carbons (Fsp3) is 0.424. The maximum absolute atomic E-state index is 15.2. The number of halogens is 2. The highest BCUT2D eigenvalue weighted by molar-refractivity contribution is 6.31. The molecule has 2 fully saturated rings. The van der Waals surface area contributed by atoms with Gasteiger partial charge in [-0.2, -0.15) is 4.98 Å². The van der Waals surface area contributed by atoms with Crippen LogP contribution in [0.5, 0.6) is 0 Å². The van der Waals surface area contributed by atoms with Crippen LogP contribution in [-0.2, 0) is 12.0 Å². The van der Waals surface area contributed by atoms with Gasteiger partial charge < -0.3 is 21.4 Å². The summed E-state index contributed by atoms with van der Waals surface area (Å²) < 4.78 is 16.7. The lowest BCUT2D eigenvalue weighted by molar-refractivity contribution is 0.507. The van der Waals surface area contributed by atoms with E-state index in [0.717, 1.165) is 57.2 Å². The maximum atomic E-state index is 15.2. The number of nitrogens with two attached hydrogens (primary N) is 1. The zero-order valence-corrected chi connectivity index (χ0v) is 25.2. The third kappa shape index (κ3) is 6.69. The number of nitrogens with zero attached hydrogens (tertiary/aromatic N) is 2. The quantitative estimate of drug-likeness (QED) is 0.0752. The lowest BCUT2D eigenvalue weighted by Gasteiger charge is -2.19. The van der Waals surface area contributed by atoms with E-state index in [4.69, 9.17) is 22.7 Å². The van der Waals surface area contributed by atoms with Crippen LogP contribution in [0.4, 0.5) is 4.39 Å². The number of aryl methyl sites for hydroxylation is 1. The van der Waals surface area contributed by atoms with Crippen molar-refractivity contribution in [2.75, 3.05) is 13.1 Å². The van der Waals surface area contributed by atoms with Gasteiger partial charge in [0.15, 0.2) is 5.82 Å². The number of rotatable bonds is 13. The average Bonchev–Trinajstić information content (AvgIpc) is 3.92. The smallest absolute Gasteiger partial charge is 0.354 e. The normalized spacial score (nSPS) is 16.4. The van der Waals surface area contributed by atoms with E-state index >= 15 is 4.39 Å². The minimum atomic E-state index is -0.499. The second kappa shape index (κ2) is 12.2. The van der Waals surface area contributed by atoms with Crippen LogP contribution < -0.4 is 22.1 Å². The summed E-state index contributed by atoms with van der Waals surface area (Å²) in [6.45, 7) is 3.38. The van der Waals surface area contributed by atoms with E-state index in [1.165, 1.54) is 23.0 Å². The Morgan fingerprint density at radius 3 is 2.67 bits per heavy atom. The van der Waals surface area contributed by atoms with E-state index in [-0.39, 0.29) is 16.6 Å². The van der Waals surface area contributed by atoms with Crippen molar-refractivity contribution in [1.82, 2.24) is 25.2 Å². The summed E-state index contributed by atoms with van der Waals surface area (Å²) in [5.74, 6) is 0.643. The number of hydrogen-bond acceptors (Lipinski definition) is 5. The number of hydrogen-bond donors (Lipinski definition) is 5. The molecule has 0 aliphatic heterocycles. The summed E-state index contributed by atoms with van der Waals surface area (Å²) >= 11 is 6.30. The molecule has 1 atom stereocenters. The molecule has 2 aromatic carbocycles. The predicted octanol–water partition coefficient (Wildman–Crippen LogP) is 5.79. The van der Waals surface area contributed by atoms with Crippen LogP contribution in [0.2, 0.25) is 5.02 Å². The molecule has 2 heterocycles. The van der Waals surface area contributed by atoms with Crippen LogP contribution in [-0.4, -0.2) is 39.5 Å². The van der Waals surface area contributed by atoms with Gasteiger partial charge in [-0.3, -0.25) is 9.98 Å². The highest BCUT2D eigenvalue weighted by atomic mass is 35.5. The van der Waals surface area contributed by atoms with Gasteiger partial charge >= 0.3 is 5.69 Å². The fourth-order valence-electron chi connectivity index (χ4n) is 5.94. The minimum absolute atomic E-state index is 0.0237. The number of benzene rings is 2. The van der Waals surface area contributed by atoms with Crippen molar-refractivity contribution in [3.05, 3.63) is 81.1 Å². The zero-order valence-electron chi connectivity index (χ0n) is 24.5. The van der Waals surface area contributed by atoms with E-state index < -0.39 is 11.5 Å². The van der Waals surface area contributed by atoms with Crippen molar-refractivity contribution in [2.24, 2.45) is 11.7 Å². The molecule has 10 heteroatoms. The van der Waals surface area contributed by atoms with Crippen LogP contribution >= 0.6 is 11.6 Å². The van der Waals surface area contributed by atoms with E-state index in [9.17, 15) is 4.79 Å². The van der Waals surface area contributed by atoms with Crippen molar-refractivity contribution in [3.63, 3.8) is 0 Å². The highest BCUT2D eigenvalue weighted by Crippen LogP contribution is 2.45. The Morgan fingerprint density at radius 2 is 1.98 bits per heavy atom. The summed E-state index contributed by atoms with van der Waals surface area (Å²) in [6, 6.07) is 13.6. The van der Waals surface area contributed by atoms with Gasteiger partial charge in [-0.25, -0.2) is 9.18 Å². The fourth-order valence-corrected chi connectivity index (χ4v) is 6.18. The van der Waals surface area contributed by atoms with Crippen LogP contribution in [0.25, 0.3) is 28.0 Å². The van der Waals surface area contributed by atoms with Crippen molar-refractivity contribution in [1.29, 1.82) is 5.41 Å². The van der Waals surface area contributed by atoms with Crippen LogP contribution in [0.3, 0.4) is 0 Å². The molecule has 2 saturated carbocycles. The molecule has 2 aromatic heterocycles. The van der Waals surface area contributed by atoms with Crippen LogP contribution in [0.15, 0.2) is 53.5 Å². The van der Waals surface area contributed by atoms with E-state index in [0.29, 0.717) is 39.7 Å². The highest BCUT2D eigenvalue weighted by Gasteiger charge is 2.43. The SMILES string of the molecule is CC(=N)NCCCNC1(c2ccc(-n3cc4cc(-c5cc(CCCC(N)C6CC6)cc(Cl)c5F)[nH]c4nc3=O)cc2)CC1. The molecule has 226 valence electrons. The first kappa shape index (κ1) is 29.5. The molecule has 4 aromatic rings. The minimum Gasteiger partial charge on any atom is -0.374 e. The lowest BCUT2D eigenvalue weighted by atomic mass is 10.00. The summed E-state index contributed by atoms with van der Waals surface area (Å²) in [6.07, 6.45) is 9.90. The van der Waals surface area contributed by atoms with Gasteiger partial charge in [0.25, 0.3) is 0 Å². The Balaban J connectivity index is 1.18. The van der Waals surface area contributed by atoms with E-state index in [2.05, 4.69) is 32.7 Å². The molecule has 6 N–H and O–H groups in total. The first-order valence-corrected chi connectivity index (χ1v) is 15.6. The van der Waals surface area contributed by atoms with Gasteiger partial charge in [-0.05, 0) is 112 Å². The third-order valence-corrected chi connectivity index (χ3v) is 9.05. The standard InChI is InChI=1S/C33H39ClFN7O/c1-20(36)38-14-3-15-39-33(12-13-33)24-8-10-25(11-9-24)42-19-23-18-29(40-31(23)41-32(42)43)26-16-21(17-27(34)30(26)35)4-2-5-28(37)22-6-7-22/h8-11,16-19,22,28,39H,2-7,12-15,37H2,1H3,(H2,36,38)(H,40,41,43). The van der Waals surface area contributed by atoms with Gasteiger partial charge in [0.2, 0.25) is 0 Å². The lowest BCUT2D eigenvalue weighted by Crippen LogP contribution is -2.32. The molecule has 2 aliphatic carbocycles. The van der Waals surface area contributed by atoms with Crippen LogP contribution in [0, 0.1) is 17.1 Å². The van der Waals surface area contributed by atoms with E-state index in [1.807, 2.05) is 24.3 Å². The van der Waals surface area contributed by atoms with Gasteiger partial charge in [0, 0.05) is 35.3 Å². The Kier molecular flexibility index (Phi) is 8.40. The number of aromatic amines is 1. The van der Waals surface area contributed by atoms with Crippen molar-refractivity contribution < 1.29 is 4.39 Å². The molecule has 0 amide bonds. The molecule has 2 aliphatic rings. The molecule has 43 heavy (non-hydrogen) atoms. The van der Waals surface area contributed by atoms with Crippen molar-refractivity contribution in [3.8, 4) is 16.9 Å². The van der Waals surface area contributed by atoms with E-state index in [1.54, 1.807) is 19.2 Å². The van der Waals surface area contributed by atoms with Gasteiger partial charge in [0.05, 0.1) is 22.2 Å². The molecule has 8 nitrogen and oxygen atoms in total. The Labute approximate surface area is 255 Å². The number of amidine groups is 1. The molecule has 0 saturated heterocycles. The first-order chi connectivity index (χ1) is 20.7. The number of aromatic nitrogens is 3. The maximum Gasteiger partial charge on any atom is 0.354 e. The average molecular weight is 604 g/mol. The molecule has 0 bridgehead atoms. The Hall–Kier alpha value is -3.53. The number of fused-ring (bicyclic) bond motifs is 1. The second-order valence-electron chi connectivity index (χ2n) is 12.2. The number of H-pyrrole nitrogens is 1. The molecule has 6 rings (SSSR count). The summed E-state index contributed by atoms with van der Waals surface area (Å²) in [5.41, 5.74) is 9.97. The molecule has 1 unspecified atom stereocenters.